The lowest BCUT2D eigenvalue weighted by atomic mass is 9.86. The van der Waals surface area contributed by atoms with E-state index in [9.17, 15) is 5.11 Å². The predicted octanol–water partition coefficient (Wildman–Crippen LogP) is 1.94. The van der Waals surface area contributed by atoms with Crippen LogP contribution in [-0.4, -0.2) is 12.2 Å². The number of hydrogen-bond donors (Lipinski definition) is 2. The molecule has 0 aliphatic heterocycles. The van der Waals surface area contributed by atoms with Gasteiger partial charge in [0.05, 0.1) is 0 Å². The summed E-state index contributed by atoms with van der Waals surface area (Å²) in [5, 5.41) is 13.6. The highest BCUT2D eigenvalue weighted by atomic mass is 16.3. The van der Waals surface area contributed by atoms with Gasteiger partial charge in [0.1, 0.15) is 5.60 Å². The first-order valence-corrected chi connectivity index (χ1v) is 5.09. The molecule has 1 aromatic carbocycles. The maximum absolute atomic E-state index is 10.5. The first-order chi connectivity index (χ1) is 7.24. The number of nitrogens with one attached hydrogen (secondary N) is 1. The summed E-state index contributed by atoms with van der Waals surface area (Å²) in [6, 6.07) is 9.73. The normalized spacial score (nSPS) is 24.8. The maximum atomic E-state index is 10.5. The van der Waals surface area contributed by atoms with E-state index >= 15 is 0 Å². The highest BCUT2D eigenvalue weighted by Crippen LogP contribution is 2.31. The molecule has 1 unspecified atom stereocenters. The van der Waals surface area contributed by atoms with Crippen molar-refractivity contribution in [2.45, 2.75) is 12.0 Å². The van der Waals surface area contributed by atoms with Gasteiger partial charge in [-0.05, 0) is 17.7 Å². The molecule has 1 aliphatic rings. The molecule has 0 saturated heterocycles. The van der Waals surface area contributed by atoms with Crippen molar-refractivity contribution in [3.05, 3.63) is 59.8 Å². The number of aliphatic hydroxyl groups is 1. The van der Waals surface area contributed by atoms with Crippen LogP contribution in [0.15, 0.2) is 54.3 Å². The van der Waals surface area contributed by atoms with Gasteiger partial charge in [-0.2, -0.15) is 0 Å². The maximum Gasteiger partial charge on any atom is 0.113 e. The second-order valence-electron chi connectivity index (χ2n) is 3.77. The van der Waals surface area contributed by atoms with E-state index in [-0.39, 0.29) is 0 Å². The Kier molecular flexibility index (Phi) is 2.60. The monoisotopic (exact) mass is 201 g/mol. The summed E-state index contributed by atoms with van der Waals surface area (Å²) in [4.78, 5) is 0. The Balaban J connectivity index is 2.30. The summed E-state index contributed by atoms with van der Waals surface area (Å²) in [7, 11) is 1.87. The molecule has 0 heterocycles. The summed E-state index contributed by atoms with van der Waals surface area (Å²) in [6.07, 6.45) is 6.31. The Morgan fingerprint density at radius 3 is 2.67 bits per heavy atom. The molecular weight excluding hydrogens is 186 g/mol. The third-order valence-electron chi connectivity index (χ3n) is 2.72. The highest BCUT2D eigenvalue weighted by Gasteiger charge is 2.28. The average Bonchev–Trinajstić information content (AvgIpc) is 2.30. The van der Waals surface area contributed by atoms with Gasteiger partial charge in [0.25, 0.3) is 0 Å². The molecule has 1 atom stereocenters. The summed E-state index contributed by atoms with van der Waals surface area (Å²) in [5.74, 6) is 0. The first-order valence-electron chi connectivity index (χ1n) is 5.09. The van der Waals surface area contributed by atoms with E-state index in [4.69, 9.17) is 0 Å². The van der Waals surface area contributed by atoms with Crippen LogP contribution in [0.4, 0.5) is 0 Å². The Hall–Kier alpha value is -1.54. The summed E-state index contributed by atoms with van der Waals surface area (Å²) < 4.78 is 0. The second-order valence-corrected chi connectivity index (χ2v) is 3.77. The number of allylic oxidation sites excluding steroid dienone is 2. The van der Waals surface area contributed by atoms with E-state index < -0.39 is 5.60 Å². The molecule has 0 spiro atoms. The van der Waals surface area contributed by atoms with Gasteiger partial charge in [-0.25, -0.2) is 0 Å². The Bertz CT molecular complexity index is 394. The lowest BCUT2D eigenvalue weighted by Crippen LogP contribution is -2.28. The third-order valence-corrected chi connectivity index (χ3v) is 2.72. The van der Waals surface area contributed by atoms with Crippen molar-refractivity contribution in [3.8, 4) is 0 Å². The number of hydrogen-bond acceptors (Lipinski definition) is 2. The van der Waals surface area contributed by atoms with Gasteiger partial charge in [0, 0.05) is 19.2 Å². The van der Waals surface area contributed by atoms with Gasteiger partial charge in [-0.3, -0.25) is 0 Å². The molecule has 1 aliphatic carbocycles. The van der Waals surface area contributed by atoms with Gasteiger partial charge in [-0.15, -0.1) is 0 Å². The van der Waals surface area contributed by atoms with Crippen molar-refractivity contribution in [1.29, 1.82) is 0 Å². The van der Waals surface area contributed by atoms with Crippen LogP contribution in [0.1, 0.15) is 12.0 Å². The first kappa shape index (κ1) is 9.99. The Morgan fingerprint density at radius 1 is 1.27 bits per heavy atom. The van der Waals surface area contributed by atoms with Crippen LogP contribution in [0.3, 0.4) is 0 Å². The lowest BCUT2D eigenvalue weighted by Gasteiger charge is -2.28. The van der Waals surface area contributed by atoms with E-state index in [1.807, 2.05) is 55.6 Å². The molecule has 0 amide bonds. The lowest BCUT2D eigenvalue weighted by molar-refractivity contribution is 0.0867. The Morgan fingerprint density at radius 2 is 2.00 bits per heavy atom. The van der Waals surface area contributed by atoms with E-state index in [2.05, 4.69) is 5.32 Å². The molecule has 1 aromatic rings. The van der Waals surface area contributed by atoms with Crippen LogP contribution in [-0.2, 0) is 5.60 Å². The van der Waals surface area contributed by atoms with Crippen LogP contribution >= 0.6 is 0 Å². The molecule has 2 rings (SSSR count). The molecule has 15 heavy (non-hydrogen) atoms. The molecule has 0 fully saturated rings. The minimum Gasteiger partial charge on any atom is -0.391 e. The minimum atomic E-state index is -0.867. The topological polar surface area (TPSA) is 32.3 Å². The fourth-order valence-corrected chi connectivity index (χ4v) is 1.83. The molecular formula is C13H15NO. The largest absolute Gasteiger partial charge is 0.391 e. The van der Waals surface area contributed by atoms with Gasteiger partial charge in [-0.1, -0.05) is 36.4 Å². The molecule has 0 saturated carbocycles. The molecule has 78 valence electrons. The third kappa shape index (κ3) is 1.95. The summed E-state index contributed by atoms with van der Waals surface area (Å²) in [6.45, 7) is 0. The van der Waals surface area contributed by atoms with Crippen molar-refractivity contribution in [2.75, 3.05) is 7.05 Å². The SMILES string of the molecule is CNC1=CC=CC(O)(c2ccccc2)C1. The van der Waals surface area contributed by atoms with Gasteiger partial charge in [0.2, 0.25) is 0 Å². The van der Waals surface area contributed by atoms with Crippen molar-refractivity contribution in [1.82, 2.24) is 5.32 Å². The van der Waals surface area contributed by atoms with E-state index in [0.717, 1.165) is 11.3 Å². The van der Waals surface area contributed by atoms with Crippen molar-refractivity contribution >= 4 is 0 Å². The standard InChI is InChI=1S/C13H15NO/c1-14-12-8-5-9-13(15,10-12)11-6-3-2-4-7-11/h2-9,14-15H,10H2,1H3. The highest BCUT2D eigenvalue weighted by molar-refractivity contribution is 5.34. The van der Waals surface area contributed by atoms with Gasteiger partial charge >= 0.3 is 0 Å². The predicted molar refractivity (Wildman–Crippen MR) is 61.2 cm³/mol. The van der Waals surface area contributed by atoms with Crippen molar-refractivity contribution < 1.29 is 5.11 Å². The zero-order valence-corrected chi connectivity index (χ0v) is 8.77. The van der Waals surface area contributed by atoms with Crippen molar-refractivity contribution in [3.63, 3.8) is 0 Å². The zero-order chi connectivity index (χ0) is 10.7. The molecule has 0 radical (unpaired) electrons. The van der Waals surface area contributed by atoms with E-state index in [0.29, 0.717) is 6.42 Å². The minimum absolute atomic E-state index is 0.601. The van der Waals surface area contributed by atoms with Crippen LogP contribution in [0.25, 0.3) is 0 Å². The van der Waals surface area contributed by atoms with E-state index in [1.54, 1.807) is 0 Å². The van der Waals surface area contributed by atoms with E-state index in [1.165, 1.54) is 0 Å². The molecule has 0 aromatic heterocycles. The zero-order valence-electron chi connectivity index (χ0n) is 8.77. The molecule has 2 heteroatoms. The van der Waals surface area contributed by atoms with Gasteiger partial charge in [0.15, 0.2) is 0 Å². The fraction of sp³-hybridized carbons (Fsp3) is 0.231. The van der Waals surface area contributed by atoms with Crippen LogP contribution < -0.4 is 5.32 Å². The molecule has 2 N–H and O–H groups in total. The summed E-state index contributed by atoms with van der Waals surface area (Å²) >= 11 is 0. The smallest absolute Gasteiger partial charge is 0.113 e. The van der Waals surface area contributed by atoms with Crippen LogP contribution in [0.5, 0.6) is 0 Å². The van der Waals surface area contributed by atoms with Gasteiger partial charge < -0.3 is 10.4 Å². The summed E-state index contributed by atoms with van der Waals surface area (Å²) in [5.41, 5.74) is 1.11. The Labute approximate surface area is 89.9 Å². The van der Waals surface area contributed by atoms with Crippen molar-refractivity contribution in [2.24, 2.45) is 0 Å². The number of rotatable bonds is 2. The average molecular weight is 201 g/mol. The second kappa shape index (κ2) is 3.91. The fourth-order valence-electron chi connectivity index (χ4n) is 1.83. The number of benzene rings is 1. The van der Waals surface area contributed by atoms with Crippen LogP contribution in [0.2, 0.25) is 0 Å². The molecule has 0 bridgehead atoms. The molecule has 2 nitrogen and oxygen atoms in total. The quantitative estimate of drug-likeness (QED) is 0.766. The van der Waals surface area contributed by atoms with Crippen LogP contribution in [0, 0.1) is 0 Å².